The van der Waals surface area contributed by atoms with Crippen molar-refractivity contribution < 1.29 is 14.4 Å². The van der Waals surface area contributed by atoms with Crippen LogP contribution in [0.25, 0.3) is 0 Å². The second-order valence-corrected chi connectivity index (χ2v) is 4.03. The minimum absolute atomic E-state index is 0.500. The monoisotopic (exact) mass is 195 g/mol. The van der Waals surface area contributed by atoms with Gasteiger partial charge in [0, 0.05) is 5.56 Å². The molecule has 0 fully saturated rings. The smallest absolute Gasteiger partial charge is 0.104 e. The lowest BCUT2D eigenvalue weighted by Gasteiger charge is -2.23. The highest BCUT2D eigenvalue weighted by Crippen LogP contribution is 2.04. The Morgan fingerprint density at radius 1 is 1.21 bits per heavy atom. The number of rotatable bonds is 2. The largest absolute Gasteiger partial charge is 0.665 e. The third-order valence-corrected chi connectivity index (χ3v) is 1.50. The highest BCUT2D eigenvalue weighted by molar-refractivity contribution is 5.34. The minimum Gasteiger partial charge on any atom is -0.665 e. The second-order valence-electron chi connectivity index (χ2n) is 4.03. The van der Waals surface area contributed by atoms with E-state index in [2.05, 4.69) is 51.5 Å². The van der Waals surface area contributed by atoms with E-state index < -0.39 is 0 Å². The van der Waals surface area contributed by atoms with Crippen molar-refractivity contribution in [2.75, 3.05) is 21.1 Å². The molecule has 0 aliphatic rings. The summed E-state index contributed by atoms with van der Waals surface area (Å²) in [7, 11) is 6.60. The zero-order valence-corrected chi connectivity index (χ0v) is 8.90. The summed E-state index contributed by atoms with van der Waals surface area (Å²) in [5.74, 6) is 0. The first-order valence-electron chi connectivity index (χ1n) is 4.35. The third-order valence-electron chi connectivity index (χ3n) is 1.50. The predicted octanol–water partition coefficient (Wildman–Crippen LogP) is 1.50. The van der Waals surface area contributed by atoms with Gasteiger partial charge in [0.25, 0.3) is 0 Å². The quantitative estimate of drug-likeness (QED) is 0.573. The standard InChI is InChI=1S/C10H16N.CHO2/c1-11(2,3)9-10-7-5-4-6-8-10;2-1-3/h4-8H,9H2,1-3H3;(H,2,3)/q+1;-1. The van der Waals surface area contributed by atoms with Crippen LogP contribution in [0, 0.1) is 0 Å². The summed E-state index contributed by atoms with van der Waals surface area (Å²) in [6.45, 7) is 1.60. The molecule has 1 rings (SSSR count). The topological polar surface area (TPSA) is 37.3 Å². The summed E-state index contributed by atoms with van der Waals surface area (Å²) in [6, 6.07) is 10.6. The van der Waals surface area contributed by atoms with Crippen LogP contribution in [-0.4, -0.2) is 37.2 Å². The zero-order chi connectivity index (χ0) is 11.0. The number of benzene rings is 1. The summed E-state index contributed by atoms with van der Waals surface area (Å²) in [4.78, 5) is 8.24. The molecule has 1 aromatic rings. The van der Waals surface area contributed by atoms with E-state index in [1.165, 1.54) is 5.56 Å². The molecular formula is C11H17NO2. The highest BCUT2D eigenvalue weighted by Gasteiger charge is 2.06. The lowest BCUT2D eigenvalue weighted by Crippen LogP contribution is -2.33. The number of aliphatic hydroxyl groups excluding tert-OH is 1. The molecule has 0 aliphatic carbocycles. The molecule has 0 aromatic heterocycles. The normalized spacial score (nSPS) is 9.93. The first-order valence-corrected chi connectivity index (χ1v) is 4.35. The van der Waals surface area contributed by atoms with Crippen molar-refractivity contribution in [3.8, 4) is 0 Å². The molecule has 0 saturated heterocycles. The number of hydrogen-bond acceptors (Lipinski definition) is 1. The maximum atomic E-state index is 8.24. The van der Waals surface area contributed by atoms with Gasteiger partial charge in [-0.1, -0.05) is 36.8 Å². The van der Waals surface area contributed by atoms with E-state index in [0.29, 0.717) is 6.47 Å². The van der Waals surface area contributed by atoms with Crippen LogP contribution in [0.2, 0.25) is 0 Å². The average molecular weight is 195 g/mol. The summed E-state index contributed by atoms with van der Waals surface area (Å²) >= 11 is 0. The predicted molar refractivity (Wildman–Crippen MR) is 56.5 cm³/mol. The molecule has 0 atom stereocenters. The molecule has 0 aliphatic heterocycles. The van der Waals surface area contributed by atoms with Gasteiger partial charge in [-0.15, -0.1) is 0 Å². The lowest BCUT2D eigenvalue weighted by atomic mass is 10.2. The van der Waals surface area contributed by atoms with Crippen molar-refractivity contribution in [3.05, 3.63) is 35.9 Å². The van der Waals surface area contributed by atoms with Crippen molar-refractivity contribution in [1.29, 1.82) is 0 Å². The van der Waals surface area contributed by atoms with Crippen LogP contribution in [0.3, 0.4) is 0 Å². The van der Waals surface area contributed by atoms with Crippen LogP contribution in [0.5, 0.6) is 0 Å². The van der Waals surface area contributed by atoms with Gasteiger partial charge in [-0.25, -0.2) is 0 Å². The molecular weight excluding hydrogens is 178 g/mol. The van der Waals surface area contributed by atoms with E-state index in [4.69, 9.17) is 9.90 Å². The van der Waals surface area contributed by atoms with Gasteiger partial charge in [0.05, 0.1) is 21.1 Å². The number of hydrogen-bond donors (Lipinski definition) is 1. The van der Waals surface area contributed by atoms with E-state index >= 15 is 0 Å². The maximum Gasteiger partial charge on any atom is 0.104 e. The fraction of sp³-hybridized carbons (Fsp3) is 0.364. The summed E-state index contributed by atoms with van der Waals surface area (Å²) in [5.41, 5.74) is 1.40. The van der Waals surface area contributed by atoms with Crippen LogP contribution in [0.1, 0.15) is 5.56 Å². The minimum atomic E-state index is 0.500. The Hall–Kier alpha value is -1.35. The highest BCUT2D eigenvalue weighted by atomic mass is 16.3. The van der Waals surface area contributed by atoms with E-state index in [-0.39, 0.29) is 0 Å². The van der Waals surface area contributed by atoms with Crippen LogP contribution >= 0.6 is 0 Å². The summed E-state index contributed by atoms with van der Waals surface area (Å²) < 4.78 is 0.990. The molecule has 0 heterocycles. The van der Waals surface area contributed by atoms with Crippen molar-refractivity contribution in [1.82, 2.24) is 0 Å². The van der Waals surface area contributed by atoms with Crippen molar-refractivity contribution >= 4 is 6.47 Å². The van der Waals surface area contributed by atoms with E-state index in [0.717, 1.165) is 11.0 Å². The Labute approximate surface area is 85.2 Å². The van der Waals surface area contributed by atoms with Crippen molar-refractivity contribution in [3.63, 3.8) is 0 Å². The van der Waals surface area contributed by atoms with Crippen molar-refractivity contribution in [2.24, 2.45) is 0 Å². The molecule has 1 aromatic carbocycles. The molecule has 0 amide bonds. The van der Waals surface area contributed by atoms with Gasteiger partial charge in [0.2, 0.25) is 0 Å². The third kappa shape index (κ3) is 7.31. The Balaban J connectivity index is 0.000000500. The van der Waals surface area contributed by atoms with Crippen LogP contribution < -0.4 is 0 Å². The lowest BCUT2D eigenvalue weighted by molar-refractivity contribution is -0.884. The fourth-order valence-electron chi connectivity index (χ4n) is 1.13. The Morgan fingerprint density at radius 3 is 2.00 bits per heavy atom. The van der Waals surface area contributed by atoms with Gasteiger partial charge < -0.3 is 14.4 Å². The Bertz CT molecular complexity index is 252. The molecule has 1 N–H and O–H groups in total. The van der Waals surface area contributed by atoms with Gasteiger partial charge in [-0.05, 0) is 0 Å². The number of quaternary nitrogens is 1. The average Bonchev–Trinajstić information content (AvgIpc) is 2.04. The molecule has 0 radical (unpaired) electrons. The number of nitrogens with zero attached hydrogens (tertiary/aromatic N) is 1. The first kappa shape index (κ1) is 12.7. The molecule has 0 spiro atoms. The van der Waals surface area contributed by atoms with E-state index in [1.54, 1.807) is 0 Å². The van der Waals surface area contributed by atoms with Gasteiger partial charge in [-0.3, -0.25) is 0 Å². The zero-order valence-electron chi connectivity index (χ0n) is 8.90. The SMILES string of the molecule is C[N+](C)(C)Cc1ccccc1.O=[C-]O. The van der Waals surface area contributed by atoms with Gasteiger partial charge in [0.15, 0.2) is 0 Å². The van der Waals surface area contributed by atoms with Gasteiger partial charge >= 0.3 is 0 Å². The van der Waals surface area contributed by atoms with E-state index in [1.807, 2.05) is 0 Å². The first-order chi connectivity index (χ1) is 6.49. The second kappa shape index (κ2) is 6.16. The molecule has 3 nitrogen and oxygen atoms in total. The molecule has 0 saturated carbocycles. The van der Waals surface area contributed by atoms with Crippen LogP contribution in [-0.2, 0) is 11.3 Å². The van der Waals surface area contributed by atoms with Crippen LogP contribution in [0.4, 0.5) is 0 Å². The fourth-order valence-corrected chi connectivity index (χ4v) is 1.13. The molecule has 0 bridgehead atoms. The molecule has 78 valence electrons. The van der Waals surface area contributed by atoms with Gasteiger partial charge in [0.1, 0.15) is 6.54 Å². The Morgan fingerprint density at radius 2 is 1.64 bits per heavy atom. The Kier molecular flexibility index (Phi) is 5.56. The summed E-state index contributed by atoms with van der Waals surface area (Å²) in [6.07, 6.45) is 0. The molecule has 0 unspecified atom stereocenters. The summed E-state index contributed by atoms with van der Waals surface area (Å²) in [5, 5.41) is 6.76. The van der Waals surface area contributed by atoms with E-state index in [9.17, 15) is 0 Å². The van der Waals surface area contributed by atoms with Gasteiger partial charge in [-0.2, -0.15) is 0 Å². The van der Waals surface area contributed by atoms with Crippen LogP contribution in [0.15, 0.2) is 30.3 Å². The molecule has 3 heteroatoms. The maximum absolute atomic E-state index is 8.24. The molecule has 14 heavy (non-hydrogen) atoms. The van der Waals surface area contributed by atoms with Crippen molar-refractivity contribution in [2.45, 2.75) is 6.54 Å².